The highest BCUT2D eigenvalue weighted by atomic mass is 79.9. The van der Waals surface area contributed by atoms with Gasteiger partial charge in [0.2, 0.25) is 0 Å². The van der Waals surface area contributed by atoms with Crippen LogP contribution in [-0.2, 0) is 0 Å². The van der Waals surface area contributed by atoms with E-state index in [4.69, 9.17) is 4.74 Å². The molecule has 0 aliphatic carbocycles. The standard InChI is InChI=1S/C15H11BrF2O2/c1-8-5-11(14(18)7-13(8)17)15(19)10-4-3-9(20-2)6-12(10)16/h3-7H,1-2H3. The summed E-state index contributed by atoms with van der Waals surface area (Å²) in [5, 5.41) is 0. The highest BCUT2D eigenvalue weighted by molar-refractivity contribution is 9.10. The van der Waals surface area contributed by atoms with Crippen LogP contribution in [0, 0.1) is 18.6 Å². The van der Waals surface area contributed by atoms with Gasteiger partial charge in [0.15, 0.2) is 5.78 Å². The van der Waals surface area contributed by atoms with Gasteiger partial charge in [0.05, 0.1) is 12.7 Å². The minimum Gasteiger partial charge on any atom is -0.497 e. The molecule has 0 atom stereocenters. The fourth-order valence-electron chi connectivity index (χ4n) is 1.78. The van der Waals surface area contributed by atoms with Crippen LogP contribution in [0.15, 0.2) is 34.8 Å². The molecule has 0 spiro atoms. The van der Waals surface area contributed by atoms with Gasteiger partial charge in [-0.15, -0.1) is 0 Å². The van der Waals surface area contributed by atoms with Gasteiger partial charge >= 0.3 is 0 Å². The summed E-state index contributed by atoms with van der Waals surface area (Å²) in [5.74, 6) is -1.49. The fourth-order valence-corrected chi connectivity index (χ4v) is 2.32. The first-order valence-electron chi connectivity index (χ1n) is 5.78. The zero-order chi connectivity index (χ0) is 14.9. The number of carbonyl (C=O) groups excluding carboxylic acids is 1. The zero-order valence-corrected chi connectivity index (χ0v) is 12.4. The third-order valence-electron chi connectivity index (χ3n) is 2.91. The Morgan fingerprint density at radius 1 is 1.10 bits per heavy atom. The lowest BCUT2D eigenvalue weighted by Gasteiger charge is -2.08. The molecule has 0 unspecified atom stereocenters. The second kappa shape index (κ2) is 5.71. The summed E-state index contributed by atoms with van der Waals surface area (Å²) in [6, 6.07) is 6.68. The number of carbonyl (C=O) groups is 1. The molecule has 0 bridgehead atoms. The summed E-state index contributed by atoms with van der Waals surface area (Å²) in [7, 11) is 1.51. The normalized spacial score (nSPS) is 10.4. The van der Waals surface area contributed by atoms with Gasteiger partial charge in [0, 0.05) is 16.1 Å². The Balaban J connectivity index is 2.49. The Kier molecular flexibility index (Phi) is 4.18. The number of methoxy groups -OCH3 is 1. The molecule has 0 aliphatic rings. The Bertz CT molecular complexity index is 684. The first-order chi connectivity index (χ1) is 9.43. The number of halogens is 3. The van der Waals surface area contributed by atoms with Gasteiger partial charge in [0.1, 0.15) is 17.4 Å². The number of hydrogen-bond acceptors (Lipinski definition) is 2. The second-order valence-electron chi connectivity index (χ2n) is 4.26. The van der Waals surface area contributed by atoms with E-state index in [2.05, 4.69) is 15.9 Å². The van der Waals surface area contributed by atoms with Gasteiger partial charge < -0.3 is 4.74 Å². The number of hydrogen-bond donors (Lipinski definition) is 0. The zero-order valence-electron chi connectivity index (χ0n) is 10.8. The number of aryl methyl sites for hydroxylation is 1. The molecule has 0 fully saturated rings. The van der Waals surface area contributed by atoms with Crippen LogP contribution in [0.5, 0.6) is 5.75 Å². The molecule has 0 radical (unpaired) electrons. The Labute approximate surface area is 123 Å². The van der Waals surface area contributed by atoms with E-state index in [9.17, 15) is 13.6 Å². The fraction of sp³-hybridized carbons (Fsp3) is 0.133. The minimum atomic E-state index is -0.874. The molecule has 0 saturated carbocycles. The Morgan fingerprint density at radius 2 is 1.80 bits per heavy atom. The van der Waals surface area contributed by atoms with Gasteiger partial charge in [-0.05, 0) is 52.7 Å². The molecule has 0 N–H and O–H groups in total. The molecule has 0 saturated heterocycles. The molecule has 0 aliphatic heterocycles. The summed E-state index contributed by atoms with van der Waals surface area (Å²) >= 11 is 3.25. The number of benzene rings is 2. The van der Waals surface area contributed by atoms with E-state index in [-0.39, 0.29) is 16.7 Å². The van der Waals surface area contributed by atoms with E-state index in [1.54, 1.807) is 12.1 Å². The molecule has 5 heteroatoms. The van der Waals surface area contributed by atoms with Crippen LogP contribution in [0.2, 0.25) is 0 Å². The lowest BCUT2D eigenvalue weighted by molar-refractivity contribution is 0.103. The molecule has 2 nitrogen and oxygen atoms in total. The SMILES string of the molecule is COc1ccc(C(=O)c2cc(C)c(F)cc2F)c(Br)c1. The second-order valence-corrected chi connectivity index (χ2v) is 5.11. The van der Waals surface area contributed by atoms with Gasteiger partial charge in [-0.3, -0.25) is 4.79 Å². The van der Waals surface area contributed by atoms with Gasteiger partial charge in [-0.1, -0.05) is 0 Å². The van der Waals surface area contributed by atoms with Crippen LogP contribution in [0.25, 0.3) is 0 Å². The van der Waals surface area contributed by atoms with Gasteiger partial charge in [-0.25, -0.2) is 8.78 Å². The van der Waals surface area contributed by atoms with Crippen LogP contribution in [0.4, 0.5) is 8.78 Å². The average Bonchev–Trinajstić information content (AvgIpc) is 2.42. The van der Waals surface area contributed by atoms with Crippen LogP contribution in [-0.4, -0.2) is 12.9 Å². The molecule has 0 heterocycles. The smallest absolute Gasteiger partial charge is 0.197 e. The van der Waals surface area contributed by atoms with Crippen molar-refractivity contribution in [3.8, 4) is 5.75 Å². The first-order valence-corrected chi connectivity index (χ1v) is 6.57. The summed E-state index contributed by atoms with van der Waals surface area (Å²) < 4.78 is 32.5. The van der Waals surface area contributed by atoms with Gasteiger partial charge in [0.25, 0.3) is 0 Å². The summed E-state index contributed by atoms with van der Waals surface area (Å²) in [4.78, 5) is 12.3. The van der Waals surface area contributed by atoms with Crippen LogP contribution in [0.3, 0.4) is 0 Å². The summed E-state index contributed by atoms with van der Waals surface area (Å²) in [6.07, 6.45) is 0. The molecule has 104 valence electrons. The summed E-state index contributed by atoms with van der Waals surface area (Å²) in [6.45, 7) is 1.48. The van der Waals surface area contributed by atoms with Gasteiger partial charge in [-0.2, -0.15) is 0 Å². The Morgan fingerprint density at radius 3 is 2.40 bits per heavy atom. The topological polar surface area (TPSA) is 26.3 Å². The highest BCUT2D eigenvalue weighted by Crippen LogP contribution is 2.26. The van der Waals surface area contributed by atoms with E-state index < -0.39 is 17.4 Å². The van der Waals surface area contributed by atoms with Crippen molar-refractivity contribution in [2.45, 2.75) is 6.92 Å². The third-order valence-corrected chi connectivity index (χ3v) is 3.57. The molecular weight excluding hydrogens is 330 g/mol. The molecular formula is C15H11BrF2O2. The van der Waals surface area contributed by atoms with Crippen molar-refractivity contribution in [2.75, 3.05) is 7.11 Å². The average molecular weight is 341 g/mol. The molecule has 20 heavy (non-hydrogen) atoms. The highest BCUT2D eigenvalue weighted by Gasteiger charge is 2.18. The predicted octanol–water partition coefficient (Wildman–Crippen LogP) is 4.28. The van der Waals surface area contributed by atoms with Crippen molar-refractivity contribution in [1.29, 1.82) is 0 Å². The van der Waals surface area contributed by atoms with Crippen molar-refractivity contribution in [2.24, 2.45) is 0 Å². The Hall–Kier alpha value is -1.75. The third kappa shape index (κ3) is 2.72. The monoisotopic (exact) mass is 340 g/mol. The largest absolute Gasteiger partial charge is 0.497 e. The van der Waals surface area contributed by atoms with Crippen molar-refractivity contribution in [3.63, 3.8) is 0 Å². The summed E-state index contributed by atoms with van der Waals surface area (Å²) in [5.41, 5.74) is 0.352. The van der Waals surface area contributed by atoms with Crippen molar-refractivity contribution in [3.05, 3.63) is 63.1 Å². The molecule has 2 aromatic carbocycles. The van der Waals surface area contributed by atoms with E-state index in [1.807, 2.05) is 0 Å². The number of rotatable bonds is 3. The minimum absolute atomic E-state index is 0.158. The van der Waals surface area contributed by atoms with Crippen molar-refractivity contribution in [1.82, 2.24) is 0 Å². The van der Waals surface area contributed by atoms with Crippen molar-refractivity contribution < 1.29 is 18.3 Å². The van der Waals surface area contributed by atoms with E-state index >= 15 is 0 Å². The molecule has 2 rings (SSSR count). The van der Waals surface area contributed by atoms with E-state index in [0.717, 1.165) is 6.07 Å². The lowest BCUT2D eigenvalue weighted by atomic mass is 10.0. The first kappa shape index (κ1) is 14.7. The van der Waals surface area contributed by atoms with Crippen molar-refractivity contribution >= 4 is 21.7 Å². The van der Waals surface area contributed by atoms with Crippen LogP contribution >= 0.6 is 15.9 Å². The molecule has 0 amide bonds. The number of ketones is 1. The van der Waals surface area contributed by atoms with Crippen LogP contribution in [0.1, 0.15) is 21.5 Å². The molecule has 2 aromatic rings. The number of ether oxygens (including phenoxy) is 1. The maximum atomic E-state index is 13.7. The predicted molar refractivity (Wildman–Crippen MR) is 75.2 cm³/mol. The maximum Gasteiger partial charge on any atom is 0.197 e. The van der Waals surface area contributed by atoms with E-state index in [1.165, 1.54) is 26.2 Å². The van der Waals surface area contributed by atoms with Crippen LogP contribution < -0.4 is 4.74 Å². The lowest BCUT2D eigenvalue weighted by Crippen LogP contribution is -2.07. The van der Waals surface area contributed by atoms with E-state index in [0.29, 0.717) is 10.2 Å². The molecule has 0 aromatic heterocycles. The maximum absolute atomic E-state index is 13.7. The quantitative estimate of drug-likeness (QED) is 0.779.